The minimum atomic E-state index is -4.41. The van der Waals surface area contributed by atoms with Gasteiger partial charge in [0.1, 0.15) is 0 Å². The second-order valence-electron chi connectivity index (χ2n) is 4.56. The van der Waals surface area contributed by atoms with Crippen LogP contribution in [0.15, 0.2) is 53.6 Å². The largest absolute Gasteiger partial charge is 0.416 e. The molecule has 23 heavy (non-hydrogen) atoms. The number of hydrogen-bond donors (Lipinski definition) is 1. The first-order valence-corrected chi connectivity index (χ1v) is 6.30. The third-order valence-corrected chi connectivity index (χ3v) is 2.86. The fourth-order valence-corrected chi connectivity index (χ4v) is 1.67. The minimum absolute atomic E-state index is 0.321. The molecule has 2 aromatic carbocycles. The lowest BCUT2D eigenvalue weighted by Gasteiger charge is -2.07. The normalized spacial score (nSPS) is 12.6. The van der Waals surface area contributed by atoms with Crippen LogP contribution in [0.3, 0.4) is 0 Å². The van der Waals surface area contributed by atoms with Gasteiger partial charge in [0.25, 0.3) is 0 Å². The molecule has 0 atom stereocenters. The highest BCUT2D eigenvalue weighted by Gasteiger charge is 2.30. The zero-order valence-electron chi connectivity index (χ0n) is 11.4. The Labute approximate surface area is 127 Å². The molecule has 0 aliphatic rings. The number of benzene rings is 2. The molecule has 0 aromatic heterocycles. The quantitative estimate of drug-likeness (QED) is 0.468. The third-order valence-electron chi connectivity index (χ3n) is 2.86. The smallest absolute Gasteiger partial charge is 0.279 e. The van der Waals surface area contributed by atoms with Crippen LogP contribution in [-0.4, -0.2) is 6.21 Å². The van der Waals surface area contributed by atoms with Gasteiger partial charge >= 0.3 is 12.4 Å². The van der Waals surface area contributed by atoms with Gasteiger partial charge in [-0.1, -0.05) is 12.1 Å². The average Bonchev–Trinajstić information content (AvgIpc) is 2.46. The van der Waals surface area contributed by atoms with Gasteiger partial charge in [0, 0.05) is 0 Å². The Morgan fingerprint density at radius 2 is 1.13 bits per heavy atom. The summed E-state index contributed by atoms with van der Waals surface area (Å²) >= 11 is 0. The van der Waals surface area contributed by atoms with Gasteiger partial charge in [0.15, 0.2) is 0 Å². The van der Waals surface area contributed by atoms with E-state index in [0.29, 0.717) is 11.3 Å². The summed E-state index contributed by atoms with van der Waals surface area (Å²) in [4.78, 5) is 0. The lowest BCUT2D eigenvalue weighted by molar-refractivity contribution is -0.138. The van der Waals surface area contributed by atoms with Crippen LogP contribution in [0, 0.1) is 0 Å². The van der Waals surface area contributed by atoms with E-state index in [4.69, 9.17) is 0 Å². The van der Waals surface area contributed by atoms with Crippen molar-refractivity contribution in [2.24, 2.45) is 5.10 Å². The van der Waals surface area contributed by atoms with Gasteiger partial charge in [-0.05, 0) is 42.0 Å². The zero-order chi connectivity index (χ0) is 17.1. The Kier molecular flexibility index (Phi) is 4.63. The van der Waals surface area contributed by atoms with E-state index in [1.54, 1.807) is 0 Å². The van der Waals surface area contributed by atoms with Crippen molar-refractivity contribution in [3.63, 3.8) is 0 Å². The van der Waals surface area contributed by atoms with Gasteiger partial charge in [0.05, 0.1) is 23.0 Å². The standard InChI is InChI=1S/C15H10F6N2/c16-14(17,18)11-3-1-10(2-4-11)9-22-23-13-7-5-12(6-8-13)15(19,20)21/h1-9,23H. The molecule has 8 heteroatoms. The molecule has 0 aliphatic heterocycles. The second kappa shape index (κ2) is 6.31. The summed E-state index contributed by atoms with van der Waals surface area (Å²) in [7, 11) is 0. The number of nitrogens with one attached hydrogen (secondary N) is 1. The summed E-state index contributed by atoms with van der Waals surface area (Å²) in [5.41, 5.74) is 1.68. The highest BCUT2D eigenvalue weighted by Crippen LogP contribution is 2.30. The molecule has 0 unspecified atom stereocenters. The summed E-state index contributed by atoms with van der Waals surface area (Å²) in [6.45, 7) is 0. The Morgan fingerprint density at radius 1 is 0.696 bits per heavy atom. The first-order valence-electron chi connectivity index (χ1n) is 6.30. The molecule has 0 spiro atoms. The Balaban J connectivity index is 1.99. The molecule has 0 fully saturated rings. The van der Waals surface area contributed by atoms with E-state index in [-0.39, 0.29) is 0 Å². The fraction of sp³-hybridized carbons (Fsp3) is 0.133. The topological polar surface area (TPSA) is 24.4 Å². The molecule has 0 heterocycles. The third kappa shape index (κ3) is 4.73. The highest BCUT2D eigenvalue weighted by molar-refractivity contribution is 5.80. The molecule has 2 aromatic rings. The monoisotopic (exact) mass is 332 g/mol. The van der Waals surface area contributed by atoms with Crippen LogP contribution >= 0.6 is 0 Å². The van der Waals surface area contributed by atoms with E-state index in [0.717, 1.165) is 24.3 Å². The highest BCUT2D eigenvalue weighted by atomic mass is 19.4. The fourth-order valence-electron chi connectivity index (χ4n) is 1.67. The van der Waals surface area contributed by atoms with E-state index < -0.39 is 23.5 Å². The van der Waals surface area contributed by atoms with Crippen LogP contribution in [0.1, 0.15) is 16.7 Å². The van der Waals surface area contributed by atoms with Gasteiger partial charge in [-0.2, -0.15) is 31.4 Å². The first kappa shape index (κ1) is 16.9. The predicted octanol–water partition coefficient (Wildman–Crippen LogP) is 5.17. The Morgan fingerprint density at radius 3 is 1.57 bits per heavy atom. The number of hydrogen-bond acceptors (Lipinski definition) is 2. The maximum Gasteiger partial charge on any atom is 0.416 e. The molecule has 0 aliphatic carbocycles. The second-order valence-corrected chi connectivity index (χ2v) is 4.56. The van der Waals surface area contributed by atoms with E-state index in [1.165, 1.54) is 30.5 Å². The lowest BCUT2D eigenvalue weighted by atomic mass is 10.1. The van der Waals surface area contributed by atoms with E-state index in [9.17, 15) is 26.3 Å². The van der Waals surface area contributed by atoms with Crippen molar-refractivity contribution < 1.29 is 26.3 Å². The molecule has 122 valence electrons. The van der Waals surface area contributed by atoms with Gasteiger partial charge in [-0.25, -0.2) is 0 Å². The molecular weight excluding hydrogens is 322 g/mol. The molecule has 2 rings (SSSR count). The van der Waals surface area contributed by atoms with Gasteiger partial charge < -0.3 is 0 Å². The van der Waals surface area contributed by atoms with Crippen molar-refractivity contribution in [3.8, 4) is 0 Å². The number of anilines is 1. The lowest BCUT2D eigenvalue weighted by Crippen LogP contribution is -2.04. The number of hydrazone groups is 1. The average molecular weight is 332 g/mol. The van der Waals surface area contributed by atoms with Crippen molar-refractivity contribution in [2.45, 2.75) is 12.4 Å². The van der Waals surface area contributed by atoms with Gasteiger partial charge in [-0.3, -0.25) is 5.43 Å². The van der Waals surface area contributed by atoms with E-state index >= 15 is 0 Å². The van der Waals surface area contributed by atoms with Crippen LogP contribution in [0.4, 0.5) is 32.0 Å². The number of rotatable bonds is 3. The number of nitrogens with zero attached hydrogens (tertiary/aromatic N) is 1. The summed E-state index contributed by atoms with van der Waals surface area (Å²) < 4.78 is 74.3. The molecule has 1 N–H and O–H groups in total. The van der Waals surface area contributed by atoms with E-state index in [1.807, 2.05) is 0 Å². The SMILES string of the molecule is FC(F)(F)c1ccc(C=NNc2ccc(C(F)(F)F)cc2)cc1. The van der Waals surface area contributed by atoms with Crippen molar-refractivity contribution >= 4 is 11.9 Å². The maximum atomic E-state index is 12.4. The summed E-state index contributed by atoms with van der Waals surface area (Å²) in [5, 5.41) is 3.76. The van der Waals surface area contributed by atoms with Crippen LogP contribution in [-0.2, 0) is 12.4 Å². The van der Waals surface area contributed by atoms with E-state index in [2.05, 4.69) is 10.5 Å². The molecule has 0 saturated heterocycles. The van der Waals surface area contributed by atoms with Gasteiger partial charge in [0.2, 0.25) is 0 Å². The number of alkyl halides is 6. The molecule has 0 bridgehead atoms. The van der Waals surface area contributed by atoms with Crippen LogP contribution in [0.5, 0.6) is 0 Å². The van der Waals surface area contributed by atoms with Crippen molar-refractivity contribution in [3.05, 3.63) is 65.2 Å². The van der Waals surface area contributed by atoms with Crippen LogP contribution in [0.25, 0.3) is 0 Å². The van der Waals surface area contributed by atoms with Crippen LogP contribution < -0.4 is 5.43 Å². The maximum absolute atomic E-state index is 12.4. The van der Waals surface area contributed by atoms with Crippen molar-refractivity contribution in [1.29, 1.82) is 0 Å². The summed E-state index contributed by atoms with van der Waals surface area (Å²) in [6.07, 6.45) is -7.56. The Bertz CT molecular complexity index is 669. The molecule has 2 nitrogen and oxygen atoms in total. The summed E-state index contributed by atoms with van der Waals surface area (Å²) in [5.74, 6) is 0. The van der Waals surface area contributed by atoms with Crippen molar-refractivity contribution in [2.75, 3.05) is 5.43 Å². The molecule has 0 amide bonds. The zero-order valence-corrected chi connectivity index (χ0v) is 11.4. The van der Waals surface area contributed by atoms with Crippen LogP contribution in [0.2, 0.25) is 0 Å². The molecular formula is C15H10F6N2. The number of halogens is 6. The molecule has 0 radical (unpaired) electrons. The Hall–Kier alpha value is -2.51. The van der Waals surface area contributed by atoms with Crippen molar-refractivity contribution in [1.82, 2.24) is 0 Å². The summed E-state index contributed by atoms with van der Waals surface area (Å²) in [6, 6.07) is 8.51. The minimum Gasteiger partial charge on any atom is -0.279 e. The first-order chi connectivity index (χ1) is 10.7. The molecule has 0 saturated carbocycles. The predicted molar refractivity (Wildman–Crippen MR) is 74.1 cm³/mol. The van der Waals surface area contributed by atoms with Gasteiger partial charge in [-0.15, -0.1) is 0 Å².